The molecule has 0 aliphatic carbocycles. The zero-order valence-electron chi connectivity index (χ0n) is 17.0. The van der Waals surface area contributed by atoms with Gasteiger partial charge < -0.3 is 9.72 Å². The molecule has 164 valence electrons. The number of sulfonamides is 1. The predicted octanol–water partition coefficient (Wildman–Crippen LogP) is 1.43. The number of nitrogens with one attached hydrogen (secondary N) is 2. The summed E-state index contributed by atoms with van der Waals surface area (Å²) >= 11 is 0. The molecule has 2 aromatic heterocycles. The molecular formula is C20H23N5O5S. The summed E-state index contributed by atoms with van der Waals surface area (Å²) in [7, 11) is -2.67. The van der Waals surface area contributed by atoms with E-state index in [2.05, 4.69) is 15.0 Å². The van der Waals surface area contributed by atoms with Crippen LogP contribution in [0.1, 0.15) is 17.1 Å². The summed E-state index contributed by atoms with van der Waals surface area (Å²) < 4.78 is 33.3. The average Bonchev–Trinajstić information content (AvgIpc) is 3.21. The van der Waals surface area contributed by atoms with Crippen molar-refractivity contribution in [2.24, 2.45) is 0 Å². The maximum absolute atomic E-state index is 13.6. The molecule has 1 unspecified atom stereocenters. The van der Waals surface area contributed by atoms with Crippen LogP contribution in [0.4, 0.5) is 0 Å². The van der Waals surface area contributed by atoms with Gasteiger partial charge in [-0.15, -0.1) is 0 Å². The first-order chi connectivity index (χ1) is 14.8. The Morgan fingerprint density at radius 2 is 2.00 bits per heavy atom. The Hall–Kier alpha value is -3.28. The minimum atomic E-state index is -4.15. The van der Waals surface area contributed by atoms with Crippen LogP contribution in [0.5, 0.6) is 5.75 Å². The molecule has 0 aliphatic heterocycles. The van der Waals surface area contributed by atoms with Gasteiger partial charge in [0.25, 0.3) is 5.91 Å². The van der Waals surface area contributed by atoms with Crippen LogP contribution in [0.2, 0.25) is 0 Å². The van der Waals surface area contributed by atoms with Gasteiger partial charge in [-0.05, 0) is 42.8 Å². The topological polar surface area (TPSA) is 138 Å². The third-order valence-corrected chi connectivity index (χ3v) is 6.53. The molecule has 1 aromatic carbocycles. The van der Waals surface area contributed by atoms with Gasteiger partial charge in [-0.3, -0.25) is 15.0 Å². The summed E-state index contributed by atoms with van der Waals surface area (Å²) in [6.07, 6.45) is 4.58. The van der Waals surface area contributed by atoms with Crippen molar-refractivity contribution in [3.8, 4) is 5.75 Å². The van der Waals surface area contributed by atoms with Crippen molar-refractivity contribution in [3.63, 3.8) is 0 Å². The second-order valence-corrected chi connectivity index (χ2v) is 8.67. The normalized spacial score (nSPS) is 12.5. The maximum atomic E-state index is 13.6. The quantitative estimate of drug-likeness (QED) is 0.335. The van der Waals surface area contributed by atoms with Gasteiger partial charge in [0.15, 0.2) is 0 Å². The molecular weight excluding hydrogens is 422 g/mol. The third-order valence-electron chi connectivity index (χ3n) is 4.66. The van der Waals surface area contributed by atoms with Crippen LogP contribution in [-0.4, -0.2) is 51.9 Å². The van der Waals surface area contributed by atoms with Crippen LogP contribution >= 0.6 is 0 Å². The van der Waals surface area contributed by atoms with Crippen LogP contribution in [-0.2, 0) is 27.8 Å². The smallest absolute Gasteiger partial charge is 0.262 e. The molecule has 3 N–H and O–H groups in total. The maximum Gasteiger partial charge on any atom is 0.262 e. The van der Waals surface area contributed by atoms with Gasteiger partial charge in [-0.2, -0.15) is 4.31 Å². The number of aromatic amines is 1. The number of amides is 1. The lowest BCUT2D eigenvalue weighted by molar-refractivity contribution is -0.133. The van der Waals surface area contributed by atoms with Gasteiger partial charge in [0.05, 0.1) is 12.0 Å². The molecule has 11 heteroatoms. The van der Waals surface area contributed by atoms with E-state index in [4.69, 9.17) is 4.74 Å². The second kappa shape index (κ2) is 9.69. The molecule has 0 spiro atoms. The van der Waals surface area contributed by atoms with Gasteiger partial charge in [0, 0.05) is 37.3 Å². The first-order valence-corrected chi connectivity index (χ1v) is 10.8. The lowest BCUT2D eigenvalue weighted by Crippen LogP contribution is -2.49. The van der Waals surface area contributed by atoms with Crippen LogP contribution in [0.3, 0.4) is 0 Å². The lowest BCUT2D eigenvalue weighted by atomic mass is 10.1. The van der Waals surface area contributed by atoms with E-state index in [1.54, 1.807) is 30.7 Å². The van der Waals surface area contributed by atoms with Crippen molar-refractivity contribution >= 4 is 15.9 Å². The Kier molecular flexibility index (Phi) is 7.00. The number of hydroxylamine groups is 1. The predicted molar refractivity (Wildman–Crippen MR) is 111 cm³/mol. The number of aryl methyl sites for hydroxylation is 1. The number of H-pyrrole nitrogens is 1. The van der Waals surface area contributed by atoms with E-state index < -0.39 is 22.0 Å². The van der Waals surface area contributed by atoms with Gasteiger partial charge in [-0.25, -0.2) is 18.9 Å². The minimum absolute atomic E-state index is 0.0197. The summed E-state index contributed by atoms with van der Waals surface area (Å²) in [4.78, 5) is 23.7. The van der Waals surface area contributed by atoms with Crippen molar-refractivity contribution in [1.29, 1.82) is 0 Å². The summed E-state index contributed by atoms with van der Waals surface area (Å²) in [6.45, 7) is 1.61. The van der Waals surface area contributed by atoms with Crippen molar-refractivity contribution in [3.05, 3.63) is 72.1 Å². The summed E-state index contributed by atoms with van der Waals surface area (Å²) in [5.41, 5.74) is 2.71. The minimum Gasteiger partial charge on any atom is -0.497 e. The van der Waals surface area contributed by atoms with Crippen molar-refractivity contribution in [1.82, 2.24) is 24.7 Å². The monoisotopic (exact) mass is 445 g/mol. The molecule has 31 heavy (non-hydrogen) atoms. The Balaban J connectivity index is 2.06. The highest BCUT2D eigenvalue weighted by molar-refractivity contribution is 7.89. The van der Waals surface area contributed by atoms with Crippen LogP contribution in [0.25, 0.3) is 0 Å². The SMILES string of the molecule is COc1ccc(S(=O)(=O)N(Cc2cccnc2)C(Cc2cnc(C)[nH]2)C(=O)NO)cc1. The number of pyridine rings is 1. The van der Waals surface area contributed by atoms with Gasteiger partial charge in [-0.1, -0.05) is 6.07 Å². The Morgan fingerprint density at radius 1 is 1.26 bits per heavy atom. The molecule has 1 atom stereocenters. The van der Waals surface area contributed by atoms with E-state index in [9.17, 15) is 18.4 Å². The molecule has 1 amide bonds. The van der Waals surface area contributed by atoms with Crippen molar-refractivity contribution in [2.75, 3.05) is 7.11 Å². The summed E-state index contributed by atoms with van der Waals surface area (Å²) in [6, 6.07) is 7.97. The third kappa shape index (κ3) is 5.26. The number of methoxy groups -OCH3 is 1. The summed E-state index contributed by atoms with van der Waals surface area (Å²) in [5.74, 6) is 0.249. The fraction of sp³-hybridized carbons (Fsp3) is 0.250. The summed E-state index contributed by atoms with van der Waals surface area (Å²) in [5, 5.41) is 9.33. The fourth-order valence-electron chi connectivity index (χ4n) is 3.10. The molecule has 3 rings (SSSR count). The van der Waals surface area contributed by atoms with Crippen LogP contribution in [0, 0.1) is 6.92 Å². The average molecular weight is 446 g/mol. The zero-order valence-corrected chi connectivity index (χ0v) is 17.8. The Morgan fingerprint density at radius 3 is 2.55 bits per heavy atom. The van der Waals surface area contributed by atoms with Gasteiger partial charge >= 0.3 is 0 Å². The number of nitrogens with zero attached hydrogens (tertiary/aromatic N) is 3. The molecule has 3 aromatic rings. The van der Waals surface area contributed by atoms with E-state index in [1.165, 1.54) is 43.8 Å². The number of benzene rings is 1. The molecule has 0 saturated carbocycles. The number of carbonyl (C=O) groups is 1. The molecule has 0 saturated heterocycles. The van der Waals surface area contributed by atoms with E-state index in [0.717, 1.165) is 4.31 Å². The number of aromatic nitrogens is 3. The number of hydrogen-bond acceptors (Lipinski definition) is 7. The largest absolute Gasteiger partial charge is 0.497 e. The number of rotatable bonds is 9. The van der Waals surface area contributed by atoms with Gasteiger partial charge in [0.1, 0.15) is 17.6 Å². The van der Waals surface area contributed by atoms with E-state index in [0.29, 0.717) is 22.8 Å². The van der Waals surface area contributed by atoms with E-state index >= 15 is 0 Å². The highest BCUT2D eigenvalue weighted by Gasteiger charge is 2.36. The van der Waals surface area contributed by atoms with Crippen LogP contribution < -0.4 is 10.2 Å². The fourth-order valence-corrected chi connectivity index (χ4v) is 4.68. The molecule has 2 heterocycles. The number of hydrogen-bond donors (Lipinski definition) is 3. The van der Waals surface area contributed by atoms with Crippen molar-refractivity contribution < 1.29 is 23.2 Å². The first kappa shape index (κ1) is 22.4. The first-order valence-electron chi connectivity index (χ1n) is 9.34. The van der Waals surface area contributed by atoms with Crippen molar-refractivity contribution in [2.45, 2.75) is 30.8 Å². The standard InChI is InChI=1S/C20H23N5O5S/c1-14-22-12-16(23-14)10-19(20(26)24-27)25(13-15-4-3-9-21-11-15)31(28,29)18-7-5-17(30-2)6-8-18/h3-9,11-12,19,27H,10,13H2,1-2H3,(H,22,23)(H,24,26). The number of ether oxygens (including phenoxy) is 1. The highest BCUT2D eigenvalue weighted by atomic mass is 32.2. The number of imidazole rings is 1. The Labute approximate surface area is 179 Å². The molecule has 0 fully saturated rings. The van der Waals surface area contributed by atoms with E-state index in [1.807, 2.05) is 0 Å². The number of carbonyl (C=O) groups excluding carboxylic acids is 1. The highest BCUT2D eigenvalue weighted by Crippen LogP contribution is 2.25. The molecule has 10 nitrogen and oxygen atoms in total. The van der Waals surface area contributed by atoms with Crippen LogP contribution in [0.15, 0.2) is 59.9 Å². The van der Waals surface area contributed by atoms with Gasteiger partial charge in [0.2, 0.25) is 10.0 Å². The molecule has 0 radical (unpaired) electrons. The van der Waals surface area contributed by atoms with E-state index in [-0.39, 0.29) is 17.9 Å². The zero-order chi connectivity index (χ0) is 22.4. The second-order valence-electron chi connectivity index (χ2n) is 6.78. The molecule has 0 aliphatic rings. The lowest BCUT2D eigenvalue weighted by Gasteiger charge is -2.29. The Bertz CT molecular complexity index is 1120. The molecule has 0 bridgehead atoms.